The number of halogens is 1. The molecule has 0 bridgehead atoms. The first-order valence-electron chi connectivity index (χ1n) is 11.7. The average molecular weight is 509 g/mol. The van der Waals surface area contributed by atoms with Crippen LogP contribution in [-0.4, -0.2) is 48.0 Å². The molecule has 0 unspecified atom stereocenters. The lowest BCUT2D eigenvalue weighted by Gasteiger charge is -2.37. The minimum absolute atomic E-state index is 0.198. The Labute approximate surface area is 216 Å². The number of anilines is 2. The van der Waals surface area contributed by atoms with Gasteiger partial charge in [0, 0.05) is 43.9 Å². The molecule has 0 aromatic heterocycles. The van der Waals surface area contributed by atoms with E-state index in [0.717, 1.165) is 29.5 Å². The Morgan fingerprint density at radius 1 is 1.00 bits per heavy atom. The van der Waals surface area contributed by atoms with E-state index < -0.39 is 0 Å². The van der Waals surface area contributed by atoms with Crippen LogP contribution in [0.25, 0.3) is 10.8 Å². The molecule has 1 fully saturated rings. The van der Waals surface area contributed by atoms with Gasteiger partial charge in [-0.25, -0.2) is 0 Å². The number of piperazine rings is 1. The third-order valence-corrected chi connectivity index (χ3v) is 6.53. The topological polar surface area (TPSA) is 64.7 Å². The van der Waals surface area contributed by atoms with Crippen molar-refractivity contribution in [2.24, 2.45) is 5.92 Å². The zero-order valence-corrected chi connectivity index (χ0v) is 21.5. The maximum atomic E-state index is 12.8. The van der Waals surface area contributed by atoms with Crippen LogP contribution in [0.4, 0.5) is 11.4 Å². The molecule has 1 heterocycles. The molecule has 0 spiro atoms. The summed E-state index contributed by atoms with van der Waals surface area (Å²) >= 11 is 12.0. The van der Waals surface area contributed by atoms with Gasteiger partial charge in [-0.15, -0.1) is 0 Å². The number of thiocarbonyl (C=S) groups is 1. The van der Waals surface area contributed by atoms with Gasteiger partial charge in [0.25, 0.3) is 5.91 Å². The van der Waals surface area contributed by atoms with Gasteiger partial charge in [-0.05, 0) is 53.2 Å². The summed E-state index contributed by atoms with van der Waals surface area (Å²) in [6, 6.07) is 18.9. The fourth-order valence-corrected chi connectivity index (χ4v) is 4.78. The number of carbonyl (C=O) groups is 2. The molecule has 0 saturated carbocycles. The Kier molecular flexibility index (Phi) is 7.88. The molecule has 1 saturated heterocycles. The van der Waals surface area contributed by atoms with Gasteiger partial charge in [0.1, 0.15) is 0 Å². The van der Waals surface area contributed by atoms with Gasteiger partial charge >= 0.3 is 0 Å². The summed E-state index contributed by atoms with van der Waals surface area (Å²) in [5, 5.41) is 8.44. The maximum absolute atomic E-state index is 12.8. The summed E-state index contributed by atoms with van der Waals surface area (Å²) in [6.07, 6.45) is 0.581. The lowest BCUT2D eigenvalue weighted by molar-refractivity contribution is -0.132. The van der Waals surface area contributed by atoms with Crippen molar-refractivity contribution in [3.8, 4) is 0 Å². The monoisotopic (exact) mass is 508 g/mol. The fourth-order valence-electron chi connectivity index (χ4n) is 4.27. The van der Waals surface area contributed by atoms with Crippen molar-refractivity contribution in [1.82, 2.24) is 10.2 Å². The number of fused-ring (bicyclic) bond motifs is 1. The molecule has 3 aromatic carbocycles. The van der Waals surface area contributed by atoms with Crippen LogP contribution in [0.2, 0.25) is 5.02 Å². The normalized spacial score (nSPS) is 13.7. The quantitative estimate of drug-likeness (QED) is 0.457. The molecule has 2 N–H and O–H groups in total. The van der Waals surface area contributed by atoms with Crippen LogP contribution in [0, 0.1) is 5.92 Å². The van der Waals surface area contributed by atoms with Crippen LogP contribution < -0.4 is 15.5 Å². The summed E-state index contributed by atoms with van der Waals surface area (Å²) in [5.41, 5.74) is 2.17. The highest BCUT2D eigenvalue weighted by Gasteiger charge is 2.23. The van der Waals surface area contributed by atoms with Crippen LogP contribution in [0.3, 0.4) is 0 Å². The first-order chi connectivity index (χ1) is 16.8. The molecular formula is C27H29ClN4O2S. The number of hydrogen-bond donors (Lipinski definition) is 2. The molecule has 4 rings (SSSR count). The molecule has 35 heavy (non-hydrogen) atoms. The molecule has 0 radical (unpaired) electrons. The summed E-state index contributed by atoms with van der Waals surface area (Å²) in [5.74, 6) is 0.300. The number of nitrogens with one attached hydrogen (secondary N) is 2. The van der Waals surface area contributed by atoms with Gasteiger partial charge in [-0.3, -0.25) is 14.9 Å². The van der Waals surface area contributed by atoms with Gasteiger partial charge in [-0.1, -0.05) is 61.8 Å². The van der Waals surface area contributed by atoms with E-state index in [1.54, 1.807) is 12.1 Å². The summed E-state index contributed by atoms with van der Waals surface area (Å²) < 4.78 is 0. The molecule has 0 aliphatic carbocycles. The number of carbonyl (C=O) groups excluding carboxylic acids is 2. The first kappa shape index (κ1) is 24.9. The van der Waals surface area contributed by atoms with Crippen molar-refractivity contribution in [1.29, 1.82) is 0 Å². The van der Waals surface area contributed by atoms with Crippen molar-refractivity contribution in [2.75, 3.05) is 36.4 Å². The Balaban J connectivity index is 1.35. The lowest BCUT2D eigenvalue weighted by Crippen LogP contribution is -2.49. The molecule has 1 aliphatic rings. The van der Waals surface area contributed by atoms with Gasteiger partial charge in [0.05, 0.1) is 10.7 Å². The van der Waals surface area contributed by atoms with E-state index in [9.17, 15) is 9.59 Å². The highest BCUT2D eigenvalue weighted by atomic mass is 35.5. The predicted octanol–water partition coefficient (Wildman–Crippen LogP) is 5.31. The van der Waals surface area contributed by atoms with Gasteiger partial charge in [0.2, 0.25) is 5.91 Å². The average Bonchev–Trinajstić information content (AvgIpc) is 2.83. The largest absolute Gasteiger partial charge is 0.367 e. The molecule has 2 amide bonds. The van der Waals surface area contributed by atoms with Crippen LogP contribution in [0.15, 0.2) is 60.7 Å². The van der Waals surface area contributed by atoms with Crippen molar-refractivity contribution in [3.63, 3.8) is 0 Å². The third-order valence-electron chi connectivity index (χ3n) is 6.02. The lowest BCUT2D eigenvalue weighted by atomic mass is 10.0. The highest BCUT2D eigenvalue weighted by molar-refractivity contribution is 7.80. The Bertz CT molecular complexity index is 1250. The molecule has 3 aromatic rings. The molecule has 0 atom stereocenters. The van der Waals surface area contributed by atoms with E-state index in [1.807, 2.05) is 53.4 Å². The van der Waals surface area contributed by atoms with Crippen molar-refractivity contribution in [3.05, 3.63) is 71.2 Å². The van der Waals surface area contributed by atoms with Crippen LogP contribution in [0.1, 0.15) is 30.6 Å². The third kappa shape index (κ3) is 6.10. The van der Waals surface area contributed by atoms with E-state index in [-0.39, 0.29) is 16.9 Å². The fraction of sp³-hybridized carbons (Fsp3) is 0.296. The number of hydrogen-bond acceptors (Lipinski definition) is 4. The van der Waals surface area contributed by atoms with E-state index in [1.165, 1.54) is 0 Å². The zero-order valence-electron chi connectivity index (χ0n) is 19.9. The number of amides is 2. The molecule has 182 valence electrons. The molecule has 8 heteroatoms. The SMILES string of the molecule is CC(C)CC(=O)N1CCN(c2ccc(NC(=S)NC(=O)c3cccc4ccccc34)cc2Cl)CC1. The van der Waals surface area contributed by atoms with E-state index >= 15 is 0 Å². The van der Waals surface area contributed by atoms with Crippen LogP contribution in [0.5, 0.6) is 0 Å². The standard InChI is InChI=1S/C27H29ClN4O2S/c1-18(2)16-25(33)32-14-12-31(13-15-32)24-11-10-20(17-23(24)28)29-27(35)30-26(34)22-9-5-7-19-6-3-4-8-21(19)22/h3-11,17-18H,12-16H2,1-2H3,(H2,29,30,34,35). The summed E-state index contributed by atoms with van der Waals surface area (Å²) in [6.45, 7) is 6.96. The highest BCUT2D eigenvalue weighted by Crippen LogP contribution is 2.30. The van der Waals surface area contributed by atoms with Gasteiger partial charge < -0.3 is 15.1 Å². The zero-order chi connectivity index (χ0) is 24.9. The van der Waals surface area contributed by atoms with Crippen molar-refractivity contribution >= 4 is 62.9 Å². The minimum atomic E-state index is -0.271. The van der Waals surface area contributed by atoms with E-state index in [2.05, 4.69) is 29.4 Å². The minimum Gasteiger partial charge on any atom is -0.367 e. The maximum Gasteiger partial charge on any atom is 0.258 e. The van der Waals surface area contributed by atoms with Crippen molar-refractivity contribution in [2.45, 2.75) is 20.3 Å². The second kappa shape index (κ2) is 11.1. The van der Waals surface area contributed by atoms with E-state index in [4.69, 9.17) is 23.8 Å². The summed E-state index contributed by atoms with van der Waals surface area (Å²) in [4.78, 5) is 29.3. The Hall–Kier alpha value is -3.16. The summed E-state index contributed by atoms with van der Waals surface area (Å²) in [7, 11) is 0. The molecular weight excluding hydrogens is 480 g/mol. The smallest absolute Gasteiger partial charge is 0.258 e. The second-order valence-corrected chi connectivity index (χ2v) is 9.88. The Morgan fingerprint density at radius 3 is 2.43 bits per heavy atom. The van der Waals surface area contributed by atoms with Crippen LogP contribution in [-0.2, 0) is 4.79 Å². The molecule has 6 nitrogen and oxygen atoms in total. The second-order valence-electron chi connectivity index (χ2n) is 9.07. The number of nitrogens with zero attached hydrogens (tertiary/aromatic N) is 2. The Morgan fingerprint density at radius 2 is 1.71 bits per heavy atom. The predicted molar refractivity (Wildman–Crippen MR) is 147 cm³/mol. The first-order valence-corrected chi connectivity index (χ1v) is 12.5. The molecule has 1 aliphatic heterocycles. The van der Waals surface area contributed by atoms with Gasteiger partial charge in [0.15, 0.2) is 5.11 Å². The van der Waals surface area contributed by atoms with Gasteiger partial charge in [-0.2, -0.15) is 0 Å². The van der Waals surface area contributed by atoms with Crippen molar-refractivity contribution < 1.29 is 9.59 Å². The number of rotatable bonds is 5. The number of benzene rings is 3. The van der Waals surface area contributed by atoms with E-state index in [0.29, 0.717) is 41.7 Å². The van der Waals surface area contributed by atoms with Crippen LogP contribution >= 0.6 is 23.8 Å².